The summed E-state index contributed by atoms with van der Waals surface area (Å²) in [5, 5.41) is 9.12. The first-order valence-corrected chi connectivity index (χ1v) is 18.9. The van der Waals surface area contributed by atoms with Gasteiger partial charge in [-0.2, -0.15) is 0 Å². The lowest BCUT2D eigenvalue weighted by atomic mass is 9.96. The van der Waals surface area contributed by atoms with Crippen LogP contribution in [0.15, 0.2) is 201 Å². The zero-order chi connectivity index (χ0) is 36.7. The summed E-state index contributed by atoms with van der Waals surface area (Å²) < 4.78 is 18.6. The minimum Gasteiger partial charge on any atom is -0.456 e. The normalized spacial score (nSPS) is 11.9. The van der Waals surface area contributed by atoms with Crippen molar-refractivity contribution < 1.29 is 13.3 Å². The lowest BCUT2D eigenvalue weighted by Gasteiger charge is -2.26. The summed E-state index contributed by atoms with van der Waals surface area (Å²) in [6.07, 6.45) is 0. The Hall–Kier alpha value is -7.56. The molecule has 4 heteroatoms. The van der Waals surface area contributed by atoms with Crippen LogP contribution in [0.1, 0.15) is 0 Å². The van der Waals surface area contributed by atoms with Crippen molar-refractivity contribution >= 4 is 93.7 Å². The molecule has 0 fully saturated rings. The smallest absolute Gasteiger partial charge is 0.136 e. The van der Waals surface area contributed by atoms with Crippen LogP contribution < -0.4 is 4.90 Å². The van der Waals surface area contributed by atoms with E-state index in [1.165, 1.54) is 27.3 Å². The van der Waals surface area contributed by atoms with Gasteiger partial charge in [0.15, 0.2) is 0 Å². The number of hydrogen-bond donors (Lipinski definition) is 0. The van der Waals surface area contributed by atoms with Gasteiger partial charge in [0, 0.05) is 49.4 Å². The molecule has 0 aliphatic heterocycles. The van der Waals surface area contributed by atoms with Crippen LogP contribution in [0.4, 0.5) is 17.1 Å². The van der Waals surface area contributed by atoms with E-state index in [0.717, 1.165) is 88.6 Å². The van der Waals surface area contributed by atoms with Gasteiger partial charge in [0.05, 0.1) is 0 Å². The van der Waals surface area contributed by atoms with E-state index in [1.54, 1.807) is 0 Å². The lowest BCUT2D eigenvalue weighted by Crippen LogP contribution is -2.09. The number of nitrogens with zero attached hydrogens (tertiary/aromatic N) is 1. The van der Waals surface area contributed by atoms with E-state index in [2.05, 4.69) is 157 Å². The van der Waals surface area contributed by atoms with Crippen LogP contribution in [0, 0.1) is 0 Å². The van der Waals surface area contributed by atoms with Gasteiger partial charge < -0.3 is 18.2 Å². The van der Waals surface area contributed by atoms with Gasteiger partial charge in [0.2, 0.25) is 0 Å². The Labute approximate surface area is 321 Å². The van der Waals surface area contributed by atoms with Gasteiger partial charge in [0.25, 0.3) is 0 Å². The van der Waals surface area contributed by atoms with E-state index in [0.29, 0.717) is 0 Å². The molecule has 3 aromatic heterocycles. The Balaban J connectivity index is 0.912. The third kappa shape index (κ3) is 4.79. The van der Waals surface area contributed by atoms with Crippen LogP contribution in [0.3, 0.4) is 0 Å². The van der Waals surface area contributed by atoms with Crippen LogP contribution in [-0.4, -0.2) is 0 Å². The molecule has 0 saturated heterocycles. The zero-order valence-electron chi connectivity index (χ0n) is 30.1. The Kier molecular flexibility index (Phi) is 6.60. The average Bonchev–Trinajstić information content (AvgIpc) is 3.95. The van der Waals surface area contributed by atoms with Crippen LogP contribution in [0.5, 0.6) is 0 Å². The van der Waals surface area contributed by atoms with E-state index in [1.807, 2.05) is 36.4 Å². The summed E-state index contributed by atoms with van der Waals surface area (Å²) >= 11 is 0. The molecule has 12 rings (SSSR count). The second kappa shape index (κ2) is 12.0. The minimum absolute atomic E-state index is 0.873. The summed E-state index contributed by atoms with van der Waals surface area (Å²) in [6.45, 7) is 0. The lowest BCUT2D eigenvalue weighted by molar-refractivity contribution is 0.668. The van der Waals surface area contributed by atoms with Crippen LogP contribution in [0.2, 0.25) is 0 Å². The SMILES string of the molecule is c1ccc2c(c1)oc1ccc(N(c3ccc(-c4ccc(-c5ccc6c(ccc7oc8ccccc8c76)c5)cc4)cc3)c3ccc4oc5ccccc5c4c3)cc12. The highest BCUT2D eigenvalue weighted by Crippen LogP contribution is 2.42. The van der Waals surface area contributed by atoms with Crippen molar-refractivity contribution in [1.29, 1.82) is 0 Å². The van der Waals surface area contributed by atoms with E-state index < -0.39 is 0 Å². The Morgan fingerprint density at radius 1 is 0.268 bits per heavy atom. The molecule has 0 spiro atoms. The summed E-state index contributed by atoms with van der Waals surface area (Å²) in [5.41, 5.74) is 13.2. The van der Waals surface area contributed by atoms with Crippen LogP contribution in [-0.2, 0) is 0 Å². The summed E-state index contributed by atoms with van der Waals surface area (Å²) in [5.74, 6) is 0. The van der Waals surface area contributed by atoms with Gasteiger partial charge >= 0.3 is 0 Å². The number of anilines is 3. The van der Waals surface area contributed by atoms with E-state index in [-0.39, 0.29) is 0 Å². The molecular weight excluding hydrogens is 687 g/mol. The molecule has 0 radical (unpaired) electrons. The topological polar surface area (TPSA) is 42.7 Å². The Bertz CT molecular complexity index is 3360. The first kappa shape index (κ1) is 30.9. The molecule has 0 amide bonds. The second-order valence-electron chi connectivity index (χ2n) is 14.5. The van der Waals surface area contributed by atoms with Crippen molar-refractivity contribution in [3.05, 3.63) is 188 Å². The van der Waals surface area contributed by atoms with E-state index in [9.17, 15) is 0 Å². The molecule has 9 aromatic carbocycles. The average molecular weight is 718 g/mol. The quantitative estimate of drug-likeness (QED) is 0.178. The number of furan rings is 3. The molecule has 0 aliphatic rings. The molecule has 262 valence electrons. The predicted molar refractivity (Wildman–Crippen MR) is 231 cm³/mol. The van der Waals surface area contributed by atoms with Gasteiger partial charge in [-0.3, -0.25) is 0 Å². The van der Waals surface area contributed by atoms with Crippen molar-refractivity contribution in [2.75, 3.05) is 4.90 Å². The van der Waals surface area contributed by atoms with Gasteiger partial charge in [-0.1, -0.05) is 109 Å². The number of rotatable bonds is 5. The molecule has 0 unspecified atom stereocenters. The number of fused-ring (bicyclic) bond motifs is 11. The molecule has 12 aromatic rings. The molecule has 56 heavy (non-hydrogen) atoms. The zero-order valence-corrected chi connectivity index (χ0v) is 30.1. The third-order valence-electron chi connectivity index (χ3n) is 11.3. The summed E-state index contributed by atoms with van der Waals surface area (Å²) in [7, 11) is 0. The first-order valence-electron chi connectivity index (χ1n) is 18.9. The fraction of sp³-hybridized carbons (Fsp3) is 0. The third-order valence-corrected chi connectivity index (χ3v) is 11.3. The summed E-state index contributed by atoms with van der Waals surface area (Å²) in [6, 6.07) is 66.3. The van der Waals surface area contributed by atoms with E-state index >= 15 is 0 Å². The first-order chi connectivity index (χ1) is 27.7. The number of hydrogen-bond acceptors (Lipinski definition) is 4. The highest BCUT2D eigenvalue weighted by atomic mass is 16.3. The van der Waals surface area contributed by atoms with Gasteiger partial charge in [-0.15, -0.1) is 0 Å². The molecule has 0 N–H and O–H groups in total. The molecule has 0 saturated carbocycles. The fourth-order valence-electron chi connectivity index (χ4n) is 8.54. The predicted octanol–water partition coefficient (Wildman–Crippen LogP) is 15.3. The maximum absolute atomic E-state index is 6.21. The summed E-state index contributed by atoms with van der Waals surface area (Å²) in [4.78, 5) is 2.31. The maximum Gasteiger partial charge on any atom is 0.136 e. The fourth-order valence-corrected chi connectivity index (χ4v) is 8.54. The standard InChI is InChI=1S/C52H31NO3/c1-4-10-46-41(7-1)44-30-38(23-27-49(44)54-46)53(39-24-28-50-45(31-39)42-8-2-5-11-47(42)55-50)37-21-17-33(18-22-37)32-13-15-34(16-14-32)35-19-25-40-36(29-35)20-26-51-52(40)43-9-3-6-12-48(43)56-51/h1-31H. The van der Waals surface area contributed by atoms with Gasteiger partial charge in [-0.25, -0.2) is 0 Å². The molecule has 0 aliphatic carbocycles. The second-order valence-corrected chi connectivity index (χ2v) is 14.5. The van der Waals surface area contributed by atoms with Crippen molar-refractivity contribution in [2.45, 2.75) is 0 Å². The molecule has 3 heterocycles. The molecule has 0 bridgehead atoms. The number of para-hydroxylation sites is 3. The van der Waals surface area contributed by atoms with Crippen LogP contribution in [0.25, 0.3) is 98.8 Å². The van der Waals surface area contributed by atoms with Crippen molar-refractivity contribution in [3.63, 3.8) is 0 Å². The molecule has 4 nitrogen and oxygen atoms in total. The molecular formula is C52H31NO3. The Morgan fingerprint density at radius 2 is 0.696 bits per heavy atom. The van der Waals surface area contributed by atoms with Crippen molar-refractivity contribution in [2.24, 2.45) is 0 Å². The maximum atomic E-state index is 6.21. The van der Waals surface area contributed by atoms with Gasteiger partial charge in [0.1, 0.15) is 33.5 Å². The van der Waals surface area contributed by atoms with E-state index in [4.69, 9.17) is 13.3 Å². The highest BCUT2D eigenvalue weighted by molar-refractivity contribution is 6.19. The monoisotopic (exact) mass is 717 g/mol. The van der Waals surface area contributed by atoms with Crippen molar-refractivity contribution in [1.82, 2.24) is 0 Å². The highest BCUT2D eigenvalue weighted by Gasteiger charge is 2.18. The Morgan fingerprint density at radius 3 is 1.30 bits per heavy atom. The minimum atomic E-state index is 0.873. The number of benzene rings is 9. The van der Waals surface area contributed by atoms with Crippen molar-refractivity contribution in [3.8, 4) is 22.3 Å². The largest absolute Gasteiger partial charge is 0.456 e. The molecule has 0 atom stereocenters. The van der Waals surface area contributed by atoms with Crippen LogP contribution >= 0.6 is 0 Å². The van der Waals surface area contributed by atoms with Gasteiger partial charge in [-0.05, 0) is 112 Å².